The van der Waals surface area contributed by atoms with Crippen molar-refractivity contribution in [2.24, 2.45) is 5.92 Å². The molecule has 0 fully saturated rings. The summed E-state index contributed by atoms with van der Waals surface area (Å²) in [6.07, 6.45) is 1.63. The number of hydrogen-bond acceptors (Lipinski definition) is 4. The largest absolute Gasteiger partial charge is 0.354 e. The number of hydrogen-bond donors (Lipinski definition) is 1. The highest BCUT2D eigenvalue weighted by molar-refractivity contribution is 14.1. The van der Waals surface area contributed by atoms with Gasteiger partial charge in [-0.2, -0.15) is 0 Å². The van der Waals surface area contributed by atoms with Crippen molar-refractivity contribution in [1.29, 1.82) is 0 Å². The first-order valence-corrected chi connectivity index (χ1v) is 13.8. The van der Waals surface area contributed by atoms with Crippen LogP contribution in [0.3, 0.4) is 0 Å². The van der Waals surface area contributed by atoms with Crippen molar-refractivity contribution in [1.82, 2.24) is 10.2 Å². The van der Waals surface area contributed by atoms with Crippen molar-refractivity contribution in [2.75, 3.05) is 30.2 Å². The fraction of sp³-hybridized carbons (Fsp3) is 0.417. The Labute approximate surface area is 210 Å². The van der Waals surface area contributed by atoms with Gasteiger partial charge in [0.05, 0.1) is 11.9 Å². The van der Waals surface area contributed by atoms with E-state index in [1.54, 1.807) is 31.2 Å². The van der Waals surface area contributed by atoms with Gasteiger partial charge in [0, 0.05) is 16.7 Å². The summed E-state index contributed by atoms with van der Waals surface area (Å²) in [5.74, 6) is -0.413. The van der Waals surface area contributed by atoms with Crippen LogP contribution in [0.2, 0.25) is 0 Å². The van der Waals surface area contributed by atoms with Gasteiger partial charge in [-0.25, -0.2) is 8.42 Å². The molecule has 0 aliphatic carbocycles. The smallest absolute Gasteiger partial charge is 0.244 e. The molecule has 0 radical (unpaired) electrons. The topological polar surface area (TPSA) is 86.8 Å². The summed E-state index contributed by atoms with van der Waals surface area (Å²) in [6.45, 7) is 6.08. The number of benzene rings is 2. The van der Waals surface area contributed by atoms with Crippen molar-refractivity contribution < 1.29 is 18.0 Å². The highest BCUT2D eigenvalue weighted by Crippen LogP contribution is 2.20. The Bertz CT molecular complexity index is 1030. The standard InChI is InChI=1S/C24H32IN3O4S/c1-18(2)16-26-24(30)19(3)27(15-14-20-8-6-5-7-9-20)23(29)17-28(33(4,31)32)22-12-10-21(25)11-13-22/h5-13,18-19H,14-17H2,1-4H3,(H,26,30). The first-order chi connectivity index (χ1) is 15.5. The van der Waals surface area contributed by atoms with Crippen molar-refractivity contribution in [3.8, 4) is 0 Å². The highest BCUT2D eigenvalue weighted by atomic mass is 127. The quantitative estimate of drug-likeness (QED) is 0.411. The summed E-state index contributed by atoms with van der Waals surface area (Å²) in [6, 6.07) is 15.8. The lowest BCUT2D eigenvalue weighted by atomic mass is 10.1. The van der Waals surface area contributed by atoms with Crippen LogP contribution in [0.15, 0.2) is 54.6 Å². The molecule has 1 N–H and O–H groups in total. The maximum Gasteiger partial charge on any atom is 0.244 e. The molecule has 33 heavy (non-hydrogen) atoms. The molecular formula is C24H32IN3O4S. The molecule has 7 nitrogen and oxygen atoms in total. The molecule has 180 valence electrons. The van der Waals surface area contributed by atoms with E-state index in [0.717, 1.165) is 19.7 Å². The summed E-state index contributed by atoms with van der Waals surface area (Å²) < 4.78 is 27.1. The van der Waals surface area contributed by atoms with E-state index in [2.05, 4.69) is 27.9 Å². The van der Waals surface area contributed by atoms with Crippen molar-refractivity contribution in [3.63, 3.8) is 0 Å². The molecule has 2 aromatic rings. The minimum Gasteiger partial charge on any atom is -0.354 e. The molecule has 1 unspecified atom stereocenters. The van der Waals surface area contributed by atoms with Gasteiger partial charge in [0.25, 0.3) is 0 Å². The second kappa shape index (κ2) is 12.4. The molecule has 2 amide bonds. The van der Waals surface area contributed by atoms with E-state index in [4.69, 9.17) is 0 Å². The first kappa shape index (κ1) is 27.1. The highest BCUT2D eigenvalue weighted by Gasteiger charge is 2.29. The van der Waals surface area contributed by atoms with Gasteiger partial charge in [-0.15, -0.1) is 0 Å². The summed E-state index contributed by atoms with van der Waals surface area (Å²) in [5, 5.41) is 2.87. The van der Waals surface area contributed by atoms with Crippen LogP contribution in [0.1, 0.15) is 26.3 Å². The number of amides is 2. The Morgan fingerprint density at radius 3 is 2.15 bits per heavy atom. The van der Waals surface area contributed by atoms with Gasteiger partial charge < -0.3 is 10.2 Å². The second-order valence-electron chi connectivity index (χ2n) is 8.38. The molecule has 2 rings (SSSR count). The Balaban J connectivity index is 2.27. The molecule has 0 saturated carbocycles. The third-order valence-electron chi connectivity index (χ3n) is 5.13. The van der Waals surface area contributed by atoms with Gasteiger partial charge in [-0.1, -0.05) is 44.2 Å². The number of nitrogens with zero attached hydrogens (tertiary/aromatic N) is 2. The van der Waals surface area contributed by atoms with Crippen LogP contribution in [-0.2, 0) is 26.0 Å². The van der Waals surface area contributed by atoms with Crippen molar-refractivity contribution in [2.45, 2.75) is 33.2 Å². The van der Waals surface area contributed by atoms with Crippen LogP contribution >= 0.6 is 22.6 Å². The predicted molar refractivity (Wildman–Crippen MR) is 141 cm³/mol. The number of carbonyl (C=O) groups excluding carboxylic acids is 2. The molecule has 0 aromatic heterocycles. The summed E-state index contributed by atoms with van der Waals surface area (Å²) in [7, 11) is -3.71. The average Bonchev–Trinajstić information content (AvgIpc) is 2.76. The normalized spacial score (nSPS) is 12.3. The summed E-state index contributed by atoms with van der Waals surface area (Å²) in [5.41, 5.74) is 1.44. The number of nitrogens with one attached hydrogen (secondary N) is 1. The van der Waals surface area contributed by atoms with E-state index in [1.165, 1.54) is 4.90 Å². The molecule has 0 heterocycles. The van der Waals surface area contributed by atoms with Crippen LogP contribution in [0.4, 0.5) is 5.69 Å². The molecule has 0 aliphatic heterocycles. The van der Waals surface area contributed by atoms with Crippen LogP contribution in [0.25, 0.3) is 0 Å². The SMILES string of the molecule is CC(C)CNC(=O)C(C)N(CCc1ccccc1)C(=O)CN(c1ccc(I)cc1)S(C)(=O)=O. The zero-order chi connectivity index (χ0) is 24.6. The van der Waals surface area contributed by atoms with E-state index in [1.807, 2.05) is 44.2 Å². The molecule has 0 aliphatic rings. The van der Waals surface area contributed by atoms with E-state index >= 15 is 0 Å². The third-order valence-corrected chi connectivity index (χ3v) is 6.99. The fourth-order valence-electron chi connectivity index (χ4n) is 3.24. The summed E-state index contributed by atoms with van der Waals surface area (Å²) >= 11 is 2.13. The maximum absolute atomic E-state index is 13.4. The minimum absolute atomic E-state index is 0.259. The minimum atomic E-state index is -3.71. The molecule has 0 spiro atoms. The Hall–Kier alpha value is -2.14. The van der Waals surface area contributed by atoms with E-state index in [-0.39, 0.29) is 18.4 Å². The predicted octanol–water partition coefficient (Wildman–Crippen LogP) is 3.29. The molecule has 0 saturated heterocycles. The fourth-order valence-corrected chi connectivity index (χ4v) is 4.45. The van der Waals surface area contributed by atoms with Crippen LogP contribution in [0.5, 0.6) is 0 Å². The van der Waals surface area contributed by atoms with Crippen LogP contribution in [-0.4, -0.2) is 57.1 Å². The molecule has 9 heteroatoms. The van der Waals surface area contributed by atoms with E-state index < -0.39 is 22.0 Å². The first-order valence-electron chi connectivity index (χ1n) is 10.8. The van der Waals surface area contributed by atoms with Gasteiger partial charge >= 0.3 is 0 Å². The van der Waals surface area contributed by atoms with E-state index in [0.29, 0.717) is 25.2 Å². The van der Waals surface area contributed by atoms with Gasteiger partial charge in [0.2, 0.25) is 21.8 Å². The van der Waals surface area contributed by atoms with Crippen LogP contribution < -0.4 is 9.62 Å². The van der Waals surface area contributed by atoms with Crippen molar-refractivity contribution in [3.05, 3.63) is 63.7 Å². The number of carbonyl (C=O) groups is 2. The Morgan fingerprint density at radius 2 is 1.61 bits per heavy atom. The number of halogens is 1. The van der Waals surface area contributed by atoms with Gasteiger partial charge in [0.1, 0.15) is 12.6 Å². The lowest BCUT2D eigenvalue weighted by Crippen LogP contribution is -2.52. The molecule has 2 aromatic carbocycles. The Morgan fingerprint density at radius 1 is 1.00 bits per heavy atom. The van der Waals surface area contributed by atoms with Gasteiger partial charge in [0.15, 0.2) is 0 Å². The molecule has 0 bridgehead atoms. The van der Waals surface area contributed by atoms with Crippen LogP contribution in [0, 0.1) is 9.49 Å². The zero-order valence-electron chi connectivity index (χ0n) is 19.5. The van der Waals surface area contributed by atoms with Gasteiger partial charge in [-0.05, 0) is 71.7 Å². The second-order valence-corrected chi connectivity index (χ2v) is 11.5. The Kier molecular flexibility index (Phi) is 10.2. The van der Waals surface area contributed by atoms with Crippen molar-refractivity contribution >= 4 is 50.1 Å². The summed E-state index contributed by atoms with van der Waals surface area (Å²) in [4.78, 5) is 27.6. The molecule has 1 atom stereocenters. The lowest BCUT2D eigenvalue weighted by Gasteiger charge is -2.31. The average molecular weight is 586 g/mol. The molecular weight excluding hydrogens is 553 g/mol. The monoisotopic (exact) mass is 585 g/mol. The van der Waals surface area contributed by atoms with E-state index in [9.17, 15) is 18.0 Å². The number of anilines is 1. The lowest BCUT2D eigenvalue weighted by molar-refractivity contribution is -0.138. The third kappa shape index (κ3) is 8.62. The maximum atomic E-state index is 13.4. The number of rotatable bonds is 11. The zero-order valence-corrected chi connectivity index (χ0v) is 22.5. The number of sulfonamides is 1. The van der Waals surface area contributed by atoms with Gasteiger partial charge in [-0.3, -0.25) is 13.9 Å².